The molecule has 1 aliphatic heterocycles. The number of hydrogen-bond donors (Lipinski definition) is 2. The number of aliphatic carboxylic acids is 1. The Hall–Kier alpha value is -1.92. The summed E-state index contributed by atoms with van der Waals surface area (Å²) in [6, 6.07) is 6.25. The molecule has 0 spiro atoms. The zero-order valence-electron chi connectivity index (χ0n) is 9.70. The van der Waals surface area contributed by atoms with Gasteiger partial charge in [-0.3, -0.25) is 14.4 Å². The SMILES string of the molecule is NC(CC(=O)O)c1ccc(N2OCCC2=O)cc1. The average molecular weight is 250 g/mol. The first-order valence-electron chi connectivity index (χ1n) is 5.61. The summed E-state index contributed by atoms with van der Waals surface area (Å²) in [4.78, 5) is 27.2. The van der Waals surface area contributed by atoms with E-state index in [0.717, 1.165) is 0 Å². The van der Waals surface area contributed by atoms with Gasteiger partial charge in [0.2, 0.25) is 0 Å². The molecule has 0 aromatic heterocycles. The van der Waals surface area contributed by atoms with E-state index in [2.05, 4.69) is 0 Å². The molecule has 96 valence electrons. The first-order chi connectivity index (χ1) is 8.58. The van der Waals surface area contributed by atoms with E-state index >= 15 is 0 Å². The number of carbonyl (C=O) groups is 2. The summed E-state index contributed by atoms with van der Waals surface area (Å²) in [5.41, 5.74) is 7.08. The van der Waals surface area contributed by atoms with Gasteiger partial charge in [-0.2, -0.15) is 5.06 Å². The van der Waals surface area contributed by atoms with Gasteiger partial charge in [0.1, 0.15) is 0 Å². The van der Waals surface area contributed by atoms with Crippen LogP contribution in [0.5, 0.6) is 0 Å². The predicted molar refractivity (Wildman–Crippen MR) is 63.7 cm³/mol. The quantitative estimate of drug-likeness (QED) is 0.825. The minimum absolute atomic E-state index is 0.0856. The molecule has 0 aliphatic carbocycles. The fraction of sp³-hybridized carbons (Fsp3) is 0.333. The smallest absolute Gasteiger partial charge is 0.305 e. The molecule has 1 heterocycles. The van der Waals surface area contributed by atoms with Crippen LogP contribution in [0.2, 0.25) is 0 Å². The van der Waals surface area contributed by atoms with Gasteiger partial charge in [0.15, 0.2) is 0 Å². The second-order valence-electron chi connectivity index (χ2n) is 4.07. The first-order valence-corrected chi connectivity index (χ1v) is 5.61. The molecule has 1 aromatic rings. The summed E-state index contributed by atoms with van der Waals surface area (Å²) < 4.78 is 0. The molecular weight excluding hydrogens is 236 g/mol. The lowest BCUT2D eigenvalue weighted by Gasteiger charge is -2.15. The van der Waals surface area contributed by atoms with E-state index in [9.17, 15) is 9.59 Å². The molecule has 3 N–H and O–H groups in total. The third-order valence-electron chi connectivity index (χ3n) is 2.71. The first kappa shape index (κ1) is 12.5. The highest BCUT2D eigenvalue weighted by Gasteiger charge is 2.23. The number of carboxylic acid groups (broad SMARTS) is 1. The van der Waals surface area contributed by atoms with E-state index in [1.54, 1.807) is 24.3 Å². The summed E-state index contributed by atoms with van der Waals surface area (Å²) in [6.45, 7) is 0.388. The summed E-state index contributed by atoms with van der Waals surface area (Å²) in [5, 5.41) is 9.90. The molecule has 1 aliphatic rings. The van der Waals surface area contributed by atoms with E-state index < -0.39 is 12.0 Å². The van der Waals surface area contributed by atoms with Gasteiger partial charge < -0.3 is 10.8 Å². The van der Waals surface area contributed by atoms with Crippen LogP contribution >= 0.6 is 0 Å². The molecule has 0 bridgehead atoms. The Bertz CT molecular complexity index is 458. The lowest BCUT2D eigenvalue weighted by molar-refractivity contribution is -0.137. The number of hydroxylamine groups is 1. The third-order valence-corrected chi connectivity index (χ3v) is 2.71. The number of carbonyl (C=O) groups excluding carboxylic acids is 1. The van der Waals surface area contributed by atoms with Gasteiger partial charge in [-0.25, -0.2) is 0 Å². The van der Waals surface area contributed by atoms with Crippen LogP contribution in [0.25, 0.3) is 0 Å². The maximum absolute atomic E-state index is 11.4. The molecule has 1 amide bonds. The van der Waals surface area contributed by atoms with E-state index in [1.165, 1.54) is 5.06 Å². The van der Waals surface area contributed by atoms with Crippen LogP contribution in [-0.4, -0.2) is 23.6 Å². The molecule has 6 heteroatoms. The number of carboxylic acids is 1. The molecule has 1 atom stereocenters. The van der Waals surface area contributed by atoms with Crippen molar-refractivity contribution in [2.24, 2.45) is 5.73 Å². The fourth-order valence-electron chi connectivity index (χ4n) is 1.78. The van der Waals surface area contributed by atoms with Crippen LogP contribution in [0.1, 0.15) is 24.4 Å². The van der Waals surface area contributed by atoms with Crippen molar-refractivity contribution in [1.82, 2.24) is 0 Å². The Morgan fingerprint density at radius 3 is 2.61 bits per heavy atom. The highest BCUT2D eigenvalue weighted by Crippen LogP contribution is 2.23. The van der Waals surface area contributed by atoms with Crippen molar-refractivity contribution in [2.75, 3.05) is 11.7 Å². The van der Waals surface area contributed by atoms with Crippen LogP contribution < -0.4 is 10.8 Å². The van der Waals surface area contributed by atoms with Crippen molar-refractivity contribution in [3.63, 3.8) is 0 Å². The molecule has 1 unspecified atom stereocenters. The normalized spacial score (nSPS) is 16.9. The number of rotatable bonds is 4. The van der Waals surface area contributed by atoms with Crippen LogP contribution in [0, 0.1) is 0 Å². The largest absolute Gasteiger partial charge is 0.481 e. The lowest BCUT2D eigenvalue weighted by Crippen LogP contribution is -2.22. The van der Waals surface area contributed by atoms with Crippen molar-refractivity contribution in [1.29, 1.82) is 0 Å². The van der Waals surface area contributed by atoms with Crippen molar-refractivity contribution >= 4 is 17.6 Å². The van der Waals surface area contributed by atoms with Crippen molar-refractivity contribution in [3.05, 3.63) is 29.8 Å². The second kappa shape index (κ2) is 5.16. The molecule has 6 nitrogen and oxygen atoms in total. The van der Waals surface area contributed by atoms with Crippen LogP contribution in [0.4, 0.5) is 5.69 Å². The zero-order chi connectivity index (χ0) is 13.1. The maximum Gasteiger partial charge on any atom is 0.305 e. The summed E-state index contributed by atoms with van der Waals surface area (Å²) in [6.07, 6.45) is 0.249. The Kier molecular flexibility index (Phi) is 3.59. The summed E-state index contributed by atoms with van der Waals surface area (Å²) in [7, 11) is 0. The van der Waals surface area contributed by atoms with Gasteiger partial charge in [-0.05, 0) is 17.7 Å². The topological polar surface area (TPSA) is 92.9 Å². The number of anilines is 1. The average Bonchev–Trinajstić information content (AvgIpc) is 2.75. The Balaban J connectivity index is 2.10. The van der Waals surface area contributed by atoms with E-state index in [-0.39, 0.29) is 12.3 Å². The van der Waals surface area contributed by atoms with Crippen LogP contribution in [-0.2, 0) is 14.4 Å². The number of hydrogen-bond acceptors (Lipinski definition) is 4. The zero-order valence-corrected chi connectivity index (χ0v) is 9.70. The molecule has 1 aromatic carbocycles. The van der Waals surface area contributed by atoms with Gasteiger partial charge in [-0.1, -0.05) is 12.1 Å². The number of benzene rings is 1. The number of nitrogens with zero attached hydrogens (tertiary/aromatic N) is 1. The van der Waals surface area contributed by atoms with Crippen LogP contribution in [0.3, 0.4) is 0 Å². The van der Waals surface area contributed by atoms with Crippen LogP contribution in [0.15, 0.2) is 24.3 Å². The Morgan fingerprint density at radius 2 is 2.11 bits per heavy atom. The van der Waals surface area contributed by atoms with Crippen molar-refractivity contribution in [3.8, 4) is 0 Å². The van der Waals surface area contributed by atoms with Crippen molar-refractivity contribution < 1.29 is 19.5 Å². The van der Waals surface area contributed by atoms with Gasteiger partial charge in [0.05, 0.1) is 25.1 Å². The maximum atomic E-state index is 11.4. The third kappa shape index (κ3) is 2.66. The predicted octanol–water partition coefficient (Wildman–Crippen LogP) is 0.829. The lowest BCUT2D eigenvalue weighted by atomic mass is 10.0. The summed E-state index contributed by atoms with van der Waals surface area (Å²) in [5.74, 6) is -1.03. The van der Waals surface area contributed by atoms with Crippen molar-refractivity contribution in [2.45, 2.75) is 18.9 Å². The summed E-state index contributed by atoms with van der Waals surface area (Å²) >= 11 is 0. The van der Waals surface area contributed by atoms with E-state index in [1.807, 2.05) is 0 Å². The minimum Gasteiger partial charge on any atom is -0.481 e. The van der Waals surface area contributed by atoms with E-state index in [4.69, 9.17) is 15.7 Å². The number of nitrogens with two attached hydrogens (primary N) is 1. The molecular formula is C12H14N2O4. The van der Waals surface area contributed by atoms with Gasteiger partial charge in [0, 0.05) is 6.04 Å². The molecule has 0 radical (unpaired) electrons. The Labute approximate surface area is 104 Å². The molecule has 1 fully saturated rings. The molecule has 1 saturated heterocycles. The van der Waals surface area contributed by atoms with Gasteiger partial charge >= 0.3 is 5.97 Å². The molecule has 2 rings (SSSR count). The Morgan fingerprint density at radius 1 is 1.44 bits per heavy atom. The standard InChI is InChI=1S/C12H14N2O4/c13-10(7-12(16)17)8-1-3-9(4-2-8)14-11(15)5-6-18-14/h1-4,10H,5-7,13H2,(H,16,17). The van der Waals surface area contributed by atoms with Gasteiger partial charge in [-0.15, -0.1) is 0 Å². The highest BCUT2D eigenvalue weighted by atomic mass is 16.7. The van der Waals surface area contributed by atoms with Gasteiger partial charge in [0.25, 0.3) is 5.91 Å². The monoisotopic (exact) mass is 250 g/mol. The second-order valence-corrected chi connectivity index (χ2v) is 4.07. The minimum atomic E-state index is -0.940. The molecule has 0 saturated carbocycles. The fourth-order valence-corrected chi connectivity index (χ4v) is 1.78. The number of amides is 1. The highest BCUT2D eigenvalue weighted by molar-refractivity contribution is 5.92. The van der Waals surface area contributed by atoms with E-state index in [0.29, 0.717) is 24.3 Å². The molecule has 18 heavy (non-hydrogen) atoms.